The molecule has 0 radical (unpaired) electrons. The van der Waals surface area contributed by atoms with Gasteiger partial charge in [-0.05, 0) is 23.8 Å². The summed E-state index contributed by atoms with van der Waals surface area (Å²) in [5, 5.41) is 11.7. The highest BCUT2D eigenvalue weighted by Crippen LogP contribution is 2.32. The molecule has 0 N–H and O–H groups in total. The van der Waals surface area contributed by atoms with Crippen molar-refractivity contribution < 1.29 is 14.5 Å². The maximum absolute atomic E-state index is 12.4. The zero-order chi connectivity index (χ0) is 16.7. The molecule has 1 aliphatic heterocycles. The summed E-state index contributed by atoms with van der Waals surface area (Å²) in [4.78, 5) is 36.1. The number of benzene rings is 2. The predicted molar refractivity (Wildman–Crippen MR) is 83.8 cm³/mol. The monoisotopic (exact) mass is 350 g/mol. The van der Waals surface area contributed by atoms with E-state index in [4.69, 9.17) is 23.2 Å². The van der Waals surface area contributed by atoms with Gasteiger partial charge in [0.05, 0.1) is 27.1 Å². The number of nitrogens with zero attached hydrogens (tertiary/aromatic N) is 2. The minimum atomic E-state index is -0.691. The molecular weight excluding hydrogens is 343 g/mol. The molecule has 23 heavy (non-hydrogen) atoms. The van der Waals surface area contributed by atoms with Gasteiger partial charge in [0, 0.05) is 6.07 Å². The largest absolute Gasteiger partial charge is 0.282 e. The fourth-order valence-electron chi connectivity index (χ4n) is 2.43. The van der Waals surface area contributed by atoms with Crippen molar-refractivity contribution in [2.75, 3.05) is 0 Å². The fraction of sp³-hybridized carbons (Fsp3) is 0.0667. The first kappa shape index (κ1) is 15.5. The number of carbonyl (C=O) groups excluding carboxylic acids is 2. The van der Waals surface area contributed by atoms with E-state index >= 15 is 0 Å². The summed E-state index contributed by atoms with van der Waals surface area (Å²) in [5.41, 5.74) is 0.0702. The Morgan fingerprint density at radius 2 is 1.78 bits per heavy atom. The number of nitro benzene ring substituents is 1. The molecule has 6 nitrogen and oxygen atoms in total. The van der Waals surface area contributed by atoms with E-state index in [-0.39, 0.29) is 23.4 Å². The van der Waals surface area contributed by atoms with Crippen LogP contribution in [-0.4, -0.2) is 21.6 Å². The second kappa shape index (κ2) is 5.64. The van der Waals surface area contributed by atoms with Crippen molar-refractivity contribution in [1.82, 2.24) is 4.90 Å². The van der Waals surface area contributed by atoms with Gasteiger partial charge in [-0.2, -0.15) is 0 Å². The summed E-state index contributed by atoms with van der Waals surface area (Å²) in [5.74, 6) is -1.26. The summed E-state index contributed by atoms with van der Waals surface area (Å²) >= 11 is 11.7. The van der Waals surface area contributed by atoms with Crippen LogP contribution < -0.4 is 0 Å². The molecular formula is C15H8Cl2N2O4. The molecule has 116 valence electrons. The van der Waals surface area contributed by atoms with Crippen molar-refractivity contribution in [3.63, 3.8) is 0 Å². The highest BCUT2D eigenvalue weighted by molar-refractivity contribution is 6.42. The quantitative estimate of drug-likeness (QED) is 0.480. The van der Waals surface area contributed by atoms with E-state index in [9.17, 15) is 19.7 Å². The molecule has 3 rings (SSSR count). The number of nitro groups is 1. The second-order valence-corrected chi connectivity index (χ2v) is 5.72. The van der Waals surface area contributed by atoms with Gasteiger partial charge in [0.25, 0.3) is 17.5 Å². The van der Waals surface area contributed by atoms with Crippen molar-refractivity contribution in [2.24, 2.45) is 0 Å². The SMILES string of the molecule is O=C1c2cccc([N+](=O)[O-])c2C(=O)N1Cc1ccc(Cl)c(Cl)c1. The zero-order valence-electron chi connectivity index (χ0n) is 11.5. The van der Waals surface area contributed by atoms with Crippen LogP contribution in [-0.2, 0) is 6.54 Å². The van der Waals surface area contributed by atoms with Crippen LogP contribution in [0.4, 0.5) is 5.69 Å². The van der Waals surface area contributed by atoms with E-state index in [0.29, 0.717) is 15.6 Å². The number of hydrogen-bond donors (Lipinski definition) is 0. The number of imide groups is 1. The Morgan fingerprint density at radius 1 is 1.04 bits per heavy atom. The first-order valence-electron chi connectivity index (χ1n) is 6.47. The number of rotatable bonds is 3. The van der Waals surface area contributed by atoms with Gasteiger partial charge in [-0.3, -0.25) is 24.6 Å². The predicted octanol–water partition coefficient (Wildman–Crippen LogP) is 3.70. The molecule has 0 atom stereocenters. The number of hydrogen-bond acceptors (Lipinski definition) is 4. The third-order valence-electron chi connectivity index (χ3n) is 3.50. The standard InChI is InChI=1S/C15H8Cl2N2O4/c16-10-5-4-8(6-11(10)17)7-18-14(20)9-2-1-3-12(19(22)23)13(9)15(18)21/h1-6H,7H2. The molecule has 0 unspecified atom stereocenters. The summed E-state index contributed by atoms with van der Waals surface area (Å²) in [6, 6.07) is 8.71. The van der Waals surface area contributed by atoms with Gasteiger partial charge in [0.1, 0.15) is 5.56 Å². The Morgan fingerprint density at radius 3 is 2.43 bits per heavy atom. The molecule has 0 bridgehead atoms. The van der Waals surface area contributed by atoms with Crippen molar-refractivity contribution in [2.45, 2.75) is 6.54 Å². The molecule has 2 aromatic carbocycles. The molecule has 0 saturated carbocycles. The van der Waals surface area contributed by atoms with E-state index in [1.54, 1.807) is 18.2 Å². The average molecular weight is 351 g/mol. The Hall–Kier alpha value is -2.44. The van der Waals surface area contributed by atoms with Crippen LogP contribution in [0.3, 0.4) is 0 Å². The van der Waals surface area contributed by atoms with Gasteiger partial charge in [-0.25, -0.2) is 0 Å². The molecule has 0 spiro atoms. The third-order valence-corrected chi connectivity index (χ3v) is 4.24. The minimum Gasteiger partial charge on any atom is -0.270 e. The van der Waals surface area contributed by atoms with Crippen molar-refractivity contribution in [3.05, 3.63) is 73.2 Å². The van der Waals surface area contributed by atoms with Crippen LogP contribution in [0.2, 0.25) is 10.0 Å². The lowest BCUT2D eigenvalue weighted by Crippen LogP contribution is -2.29. The van der Waals surface area contributed by atoms with Crippen molar-refractivity contribution in [1.29, 1.82) is 0 Å². The molecule has 0 fully saturated rings. The maximum Gasteiger partial charge on any atom is 0.282 e. The summed E-state index contributed by atoms with van der Waals surface area (Å²) in [6.45, 7) is -0.0413. The molecule has 0 saturated heterocycles. The van der Waals surface area contributed by atoms with Gasteiger partial charge in [-0.15, -0.1) is 0 Å². The number of carbonyl (C=O) groups is 2. The lowest BCUT2D eigenvalue weighted by atomic mass is 10.1. The number of amides is 2. The molecule has 8 heteroatoms. The van der Waals surface area contributed by atoms with Crippen LogP contribution in [0, 0.1) is 10.1 Å². The molecule has 2 amide bonds. The second-order valence-electron chi connectivity index (χ2n) is 4.90. The Kier molecular flexibility index (Phi) is 3.79. The van der Waals surface area contributed by atoms with Crippen molar-refractivity contribution >= 4 is 40.7 Å². The minimum absolute atomic E-state index is 0.0317. The Balaban J connectivity index is 1.99. The molecule has 0 aromatic heterocycles. The lowest BCUT2D eigenvalue weighted by Gasteiger charge is -2.14. The van der Waals surface area contributed by atoms with Gasteiger partial charge in [0.15, 0.2) is 0 Å². The Bertz CT molecular complexity index is 867. The first-order valence-corrected chi connectivity index (χ1v) is 7.23. The molecule has 2 aromatic rings. The first-order chi connectivity index (χ1) is 10.9. The van der Waals surface area contributed by atoms with Gasteiger partial charge in [0.2, 0.25) is 0 Å². The van der Waals surface area contributed by atoms with Crippen LogP contribution in [0.5, 0.6) is 0 Å². The van der Waals surface area contributed by atoms with E-state index in [1.165, 1.54) is 18.2 Å². The summed E-state index contributed by atoms with van der Waals surface area (Å²) in [6.07, 6.45) is 0. The topological polar surface area (TPSA) is 80.5 Å². The van der Waals surface area contributed by atoms with Crippen molar-refractivity contribution in [3.8, 4) is 0 Å². The van der Waals surface area contributed by atoms with E-state index in [0.717, 1.165) is 4.90 Å². The number of halogens is 2. The van der Waals surface area contributed by atoms with Gasteiger partial charge in [-0.1, -0.05) is 35.3 Å². The number of fused-ring (bicyclic) bond motifs is 1. The summed E-state index contributed by atoms with van der Waals surface area (Å²) in [7, 11) is 0. The van der Waals surface area contributed by atoms with E-state index in [1.807, 2.05) is 0 Å². The van der Waals surface area contributed by atoms with E-state index in [2.05, 4.69) is 0 Å². The van der Waals surface area contributed by atoms with E-state index < -0.39 is 16.7 Å². The highest BCUT2D eigenvalue weighted by Gasteiger charge is 2.40. The van der Waals surface area contributed by atoms with Crippen LogP contribution >= 0.6 is 23.2 Å². The summed E-state index contributed by atoms with van der Waals surface area (Å²) < 4.78 is 0. The molecule has 0 aliphatic carbocycles. The van der Waals surface area contributed by atoms with Crippen LogP contribution in [0.25, 0.3) is 0 Å². The maximum atomic E-state index is 12.4. The fourth-order valence-corrected chi connectivity index (χ4v) is 2.75. The molecule has 1 aliphatic rings. The normalized spacial score (nSPS) is 13.4. The highest BCUT2D eigenvalue weighted by atomic mass is 35.5. The third kappa shape index (κ3) is 2.56. The van der Waals surface area contributed by atoms with Crippen LogP contribution in [0.1, 0.15) is 26.3 Å². The average Bonchev–Trinajstić information content (AvgIpc) is 2.76. The lowest BCUT2D eigenvalue weighted by molar-refractivity contribution is -0.385. The smallest absolute Gasteiger partial charge is 0.270 e. The molecule has 1 heterocycles. The van der Waals surface area contributed by atoms with Gasteiger partial charge < -0.3 is 0 Å². The zero-order valence-corrected chi connectivity index (χ0v) is 13.0. The Labute approximate surface area is 140 Å². The van der Waals surface area contributed by atoms with Crippen LogP contribution in [0.15, 0.2) is 36.4 Å². The van der Waals surface area contributed by atoms with Gasteiger partial charge >= 0.3 is 0 Å².